The Hall–Kier alpha value is -2.08. The quantitative estimate of drug-likeness (QED) is 0.832. The van der Waals surface area contributed by atoms with Crippen LogP contribution in [0.3, 0.4) is 0 Å². The van der Waals surface area contributed by atoms with Gasteiger partial charge in [-0.15, -0.1) is 0 Å². The summed E-state index contributed by atoms with van der Waals surface area (Å²) in [7, 11) is 0. The van der Waals surface area contributed by atoms with Gasteiger partial charge in [-0.3, -0.25) is 9.59 Å². The van der Waals surface area contributed by atoms with Gasteiger partial charge >= 0.3 is 0 Å². The molecule has 2 unspecified atom stereocenters. The van der Waals surface area contributed by atoms with Crippen LogP contribution in [0.5, 0.6) is 5.75 Å². The molecule has 1 N–H and O–H groups in total. The predicted molar refractivity (Wildman–Crippen MR) is 106 cm³/mol. The van der Waals surface area contributed by atoms with Gasteiger partial charge in [0, 0.05) is 32.1 Å². The van der Waals surface area contributed by atoms with Gasteiger partial charge in [-0.25, -0.2) is 0 Å². The van der Waals surface area contributed by atoms with Crippen LogP contribution in [-0.2, 0) is 9.59 Å². The number of ether oxygens (including phenoxy) is 1. The Kier molecular flexibility index (Phi) is 6.37. The monoisotopic (exact) mass is 373 g/mol. The zero-order valence-corrected chi connectivity index (χ0v) is 16.6. The second-order valence-electron chi connectivity index (χ2n) is 7.87. The molecule has 0 aromatic heterocycles. The lowest BCUT2D eigenvalue weighted by Gasteiger charge is -2.35. The number of hydrogen-bond acceptors (Lipinski definition) is 4. The highest BCUT2D eigenvalue weighted by Crippen LogP contribution is 2.33. The van der Waals surface area contributed by atoms with Crippen LogP contribution in [0.15, 0.2) is 24.3 Å². The maximum Gasteiger partial charge on any atom is 0.267 e. The molecule has 2 aliphatic rings. The number of para-hydroxylation sites is 2. The van der Waals surface area contributed by atoms with E-state index in [1.54, 1.807) is 11.8 Å². The number of carbonyl (C=O) groups is 2. The Balaban J connectivity index is 1.50. The summed E-state index contributed by atoms with van der Waals surface area (Å²) in [6.07, 6.45) is 2.13. The molecular formula is C21H31N3O3. The Morgan fingerprint density at radius 3 is 2.89 bits per heavy atom. The summed E-state index contributed by atoms with van der Waals surface area (Å²) in [5.74, 6) is 1.11. The summed E-state index contributed by atoms with van der Waals surface area (Å²) in [6, 6.07) is 8.03. The van der Waals surface area contributed by atoms with Gasteiger partial charge in [-0.2, -0.15) is 0 Å². The number of nitrogens with zero attached hydrogens (tertiary/aromatic N) is 2. The van der Waals surface area contributed by atoms with E-state index in [1.165, 1.54) is 6.42 Å². The lowest BCUT2D eigenvalue weighted by atomic mass is 9.97. The van der Waals surface area contributed by atoms with Crippen LogP contribution in [0.2, 0.25) is 0 Å². The molecule has 2 heterocycles. The molecule has 0 spiro atoms. The molecule has 1 aromatic carbocycles. The van der Waals surface area contributed by atoms with E-state index in [2.05, 4.69) is 24.1 Å². The van der Waals surface area contributed by atoms with Gasteiger partial charge in [0.25, 0.3) is 5.91 Å². The van der Waals surface area contributed by atoms with Crippen LogP contribution in [-0.4, -0.2) is 55.0 Å². The van der Waals surface area contributed by atoms with E-state index in [4.69, 9.17) is 4.74 Å². The third-order valence-electron chi connectivity index (χ3n) is 5.50. The second kappa shape index (κ2) is 8.74. The van der Waals surface area contributed by atoms with Crippen LogP contribution < -0.4 is 15.0 Å². The highest BCUT2D eigenvalue weighted by Gasteiger charge is 2.31. The van der Waals surface area contributed by atoms with E-state index >= 15 is 0 Å². The minimum Gasteiger partial charge on any atom is -0.479 e. The lowest BCUT2D eigenvalue weighted by Crippen LogP contribution is -2.46. The number of amides is 2. The number of carbonyl (C=O) groups excluding carboxylic acids is 2. The van der Waals surface area contributed by atoms with Crippen molar-refractivity contribution in [3.63, 3.8) is 0 Å². The van der Waals surface area contributed by atoms with Crippen molar-refractivity contribution in [2.75, 3.05) is 31.1 Å². The molecule has 0 bridgehead atoms. The standard InChI is InChI=1S/C21H31N3O3/c1-15(2)23-11-6-7-17(14-23)13-22-20(25)10-12-24-18-8-4-5-9-19(18)27-16(3)21(24)26/h4-5,8-9,15-17H,6-7,10-14H2,1-3H3,(H,22,25). The number of benzene rings is 1. The van der Waals surface area contributed by atoms with Crippen molar-refractivity contribution < 1.29 is 14.3 Å². The van der Waals surface area contributed by atoms with Crippen LogP contribution in [0, 0.1) is 5.92 Å². The van der Waals surface area contributed by atoms with E-state index in [0.29, 0.717) is 37.2 Å². The molecule has 2 aliphatic heterocycles. The van der Waals surface area contributed by atoms with E-state index < -0.39 is 6.10 Å². The number of fused-ring (bicyclic) bond motifs is 1. The van der Waals surface area contributed by atoms with Crippen molar-refractivity contribution in [2.45, 2.75) is 52.2 Å². The fourth-order valence-corrected chi connectivity index (χ4v) is 3.88. The van der Waals surface area contributed by atoms with Gasteiger partial charge in [0.2, 0.25) is 5.91 Å². The molecule has 0 aliphatic carbocycles. The zero-order valence-electron chi connectivity index (χ0n) is 16.6. The summed E-state index contributed by atoms with van der Waals surface area (Å²) in [5.41, 5.74) is 0.744. The third kappa shape index (κ3) is 4.80. The van der Waals surface area contributed by atoms with Gasteiger partial charge in [0.05, 0.1) is 5.69 Å². The fraction of sp³-hybridized carbons (Fsp3) is 0.619. The van der Waals surface area contributed by atoms with Crippen molar-refractivity contribution in [3.8, 4) is 5.75 Å². The summed E-state index contributed by atoms with van der Waals surface area (Å²) in [4.78, 5) is 29.0. The average molecular weight is 373 g/mol. The SMILES string of the molecule is CC1Oc2ccccc2N(CCC(=O)NCC2CCCN(C(C)C)C2)C1=O. The van der Waals surface area contributed by atoms with E-state index in [9.17, 15) is 9.59 Å². The summed E-state index contributed by atoms with van der Waals surface area (Å²) >= 11 is 0. The topological polar surface area (TPSA) is 61.9 Å². The lowest BCUT2D eigenvalue weighted by molar-refractivity contribution is -0.125. The van der Waals surface area contributed by atoms with Gasteiger partial charge in [0.15, 0.2) is 6.10 Å². The van der Waals surface area contributed by atoms with Gasteiger partial charge in [0.1, 0.15) is 5.75 Å². The first-order valence-electron chi connectivity index (χ1n) is 10.0. The molecule has 0 radical (unpaired) electrons. The van der Waals surface area contributed by atoms with Gasteiger partial charge < -0.3 is 19.9 Å². The van der Waals surface area contributed by atoms with Crippen LogP contribution in [0.25, 0.3) is 0 Å². The molecule has 6 heteroatoms. The Morgan fingerprint density at radius 2 is 2.11 bits per heavy atom. The first kappa shape index (κ1) is 19.7. The number of likely N-dealkylation sites (tertiary alicyclic amines) is 1. The molecule has 1 aromatic rings. The summed E-state index contributed by atoms with van der Waals surface area (Å²) in [5, 5.41) is 3.07. The van der Waals surface area contributed by atoms with Crippen molar-refractivity contribution >= 4 is 17.5 Å². The second-order valence-corrected chi connectivity index (χ2v) is 7.87. The molecule has 3 rings (SSSR count). The minimum absolute atomic E-state index is 0.00102. The predicted octanol–water partition coefficient (Wildman–Crippen LogP) is 2.43. The van der Waals surface area contributed by atoms with Crippen LogP contribution in [0.4, 0.5) is 5.69 Å². The Labute approximate surface area is 161 Å². The molecule has 2 amide bonds. The van der Waals surface area contributed by atoms with Gasteiger partial charge in [-0.1, -0.05) is 12.1 Å². The first-order valence-corrected chi connectivity index (χ1v) is 10.0. The maximum absolute atomic E-state index is 12.5. The van der Waals surface area contributed by atoms with Crippen molar-refractivity contribution in [2.24, 2.45) is 5.92 Å². The molecule has 6 nitrogen and oxygen atoms in total. The molecule has 2 atom stereocenters. The Morgan fingerprint density at radius 1 is 1.33 bits per heavy atom. The average Bonchev–Trinajstić information content (AvgIpc) is 2.67. The molecular weight excluding hydrogens is 342 g/mol. The summed E-state index contributed by atoms with van der Waals surface area (Å²) in [6.45, 7) is 9.47. The number of nitrogens with one attached hydrogen (secondary N) is 1. The third-order valence-corrected chi connectivity index (χ3v) is 5.50. The smallest absolute Gasteiger partial charge is 0.267 e. The molecule has 1 fully saturated rings. The largest absolute Gasteiger partial charge is 0.479 e. The normalized spacial score (nSPS) is 23.1. The van der Waals surface area contributed by atoms with Crippen molar-refractivity contribution in [3.05, 3.63) is 24.3 Å². The summed E-state index contributed by atoms with van der Waals surface area (Å²) < 4.78 is 5.64. The zero-order chi connectivity index (χ0) is 19.4. The van der Waals surface area contributed by atoms with Crippen molar-refractivity contribution in [1.82, 2.24) is 10.2 Å². The van der Waals surface area contributed by atoms with E-state index in [0.717, 1.165) is 25.2 Å². The van der Waals surface area contributed by atoms with Gasteiger partial charge in [-0.05, 0) is 58.2 Å². The highest BCUT2D eigenvalue weighted by atomic mass is 16.5. The van der Waals surface area contributed by atoms with Crippen LogP contribution >= 0.6 is 0 Å². The minimum atomic E-state index is -0.521. The fourth-order valence-electron chi connectivity index (χ4n) is 3.88. The molecule has 0 saturated carbocycles. The highest BCUT2D eigenvalue weighted by molar-refractivity contribution is 6.00. The van der Waals surface area contributed by atoms with E-state index in [1.807, 2.05) is 24.3 Å². The molecule has 148 valence electrons. The van der Waals surface area contributed by atoms with Crippen LogP contribution in [0.1, 0.15) is 40.0 Å². The number of piperidine rings is 1. The number of anilines is 1. The Bertz CT molecular complexity index is 676. The molecule has 27 heavy (non-hydrogen) atoms. The van der Waals surface area contributed by atoms with Crippen molar-refractivity contribution in [1.29, 1.82) is 0 Å². The first-order chi connectivity index (χ1) is 13.0. The number of rotatable bonds is 6. The number of hydrogen-bond donors (Lipinski definition) is 1. The maximum atomic E-state index is 12.5. The van der Waals surface area contributed by atoms with E-state index in [-0.39, 0.29) is 11.8 Å². The molecule has 1 saturated heterocycles.